The molecule has 82 valence electrons. The predicted molar refractivity (Wildman–Crippen MR) is 60.2 cm³/mol. The summed E-state index contributed by atoms with van der Waals surface area (Å²) >= 11 is 5.82. The van der Waals surface area contributed by atoms with Crippen LogP contribution in [0.25, 0.3) is 0 Å². The quantitative estimate of drug-likeness (QED) is 0.829. The first-order chi connectivity index (χ1) is 7.04. The smallest absolute Gasteiger partial charge is 0.304 e. The molecule has 1 rings (SSSR count). The van der Waals surface area contributed by atoms with Gasteiger partial charge in [-0.25, -0.2) is 0 Å². The van der Waals surface area contributed by atoms with E-state index >= 15 is 0 Å². The van der Waals surface area contributed by atoms with Crippen LogP contribution < -0.4 is 5.73 Å². The molecule has 0 fully saturated rings. The van der Waals surface area contributed by atoms with Gasteiger partial charge in [0.15, 0.2) is 0 Å². The van der Waals surface area contributed by atoms with E-state index in [0.717, 1.165) is 11.1 Å². The highest BCUT2D eigenvalue weighted by Crippen LogP contribution is 2.24. The van der Waals surface area contributed by atoms with Crippen LogP contribution in [0.2, 0.25) is 5.02 Å². The summed E-state index contributed by atoms with van der Waals surface area (Å²) in [5, 5.41) is 9.40. The number of carbonyl (C=O) groups is 1. The van der Waals surface area contributed by atoms with Crippen LogP contribution in [0.15, 0.2) is 18.2 Å². The number of hydrogen-bond donors (Lipinski definition) is 2. The lowest BCUT2D eigenvalue weighted by molar-refractivity contribution is -0.137. The van der Waals surface area contributed by atoms with Crippen molar-refractivity contribution in [2.45, 2.75) is 19.3 Å². The highest BCUT2D eigenvalue weighted by Gasteiger charge is 2.15. The van der Waals surface area contributed by atoms with E-state index in [1.165, 1.54) is 0 Å². The molecular weight excluding hydrogens is 214 g/mol. The van der Waals surface area contributed by atoms with E-state index in [9.17, 15) is 4.79 Å². The molecule has 0 saturated heterocycles. The number of carboxylic acids is 1. The second-order valence-electron chi connectivity index (χ2n) is 3.53. The molecule has 3 N–H and O–H groups in total. The topological polar surface area (TPSA) is 63.3 Å². The van der Waals surface area contributed by atoms with Gasteiger partial charge in [-0.05, 0) is 36.7 Å². The largest absolute Gasteiger partial charge is 0.481 e. The normalized spacial score (nSPS) is 12.5. The summed E-state index contributed by atoms with van der Waals surface area (Å²) < 4.78 is 0. The summed E-state index contributed by atoms with van der Waals surface area (Å²) in [6.07, 6.45) is 0.0545. The van der Waals surface area contributed by atoms with Crippen molar-refractivity contribution in [1.29, 1.82) is 0 Å². The van der Waals surface area contributed by atoms with Crippen molar-refractivity contribution in [3.63, 3.8) is 0 Å². The summed E-state index contributed by atoms with van der Waals surface area (Å²) in [6.45, 7) is 2.24. The lowest BCUT2D eigenvalue weighted by Crippen LogP contribution is -2.17. The van der Waals surface area contributed by atoms with E-state index in [-0.39, 0.29) is 12.3 Å². The molecule has 0 bridgehead atoms. The Morgan fingerprint density at radius 3 is 2.73 bits per heavy atom. The van der Waals surface area contributed by atoms with Crippen LogP contribution in [-0.2, 0) is 4.79 Å². The minimum Gasteiger partial charge on any atom is -0.481 e. The third-order valence-electron chi connectivity index (χ3n) is 2.38. The number of aliphatic carboxylic acids is 1. The minimum absolute atomic E-state index is 0.0545. The third-order valence-corrected chi connectivity index (χ3v) is 2.61. The molecule has 4 heteroatoms. The maximum Gasteiger partial charge on any atom is 0.304 e. The fourth-order valence-electron chi connectivity index (χ4n) is 1.63. The fraction of sp³-hybridized carbons (Fsp3) is 0.364. The lowest BCUT2D eigenvalue weighted by Gasteiger charge is -2.15. The first-order valence-electron chi connectivity index (χ1n) is 4.72. The highest BCUT2D eigenvalue weighted by molar-refractivity contribution is 6.30. The molecule has 0 amide bonds. The second kappa shape index (κ2) is 5.14. The number of rotatable bonds is 4. The van der Waals surface area contributed by atoms with Crippen LogP contribution >= 0.6 is 11.6 Å². The van der Waals surface area contributed by atoms with Gasteiger partial charge < -0.3 is 10.8 Å². The molecule has 1 unspecified atom stereocenters. The molecule has 0 radical (unpaired) electrons. The van der Waals surface area contributed by atoms with E-state index in [1.807, 2.05) is 19.1 Å². The van der Waals surface area contributed by atoms with Crippen molar-refractivity contribution in [3.8, 4) is 0 Å². The van der Waals surface area contributed by atoms with Crippen molar-refractivity contribution in [1.82, 2.24) is 0 Å². The molecule has 0 aromatic heterocycles. The molecule has 1 atom stereocenters. The van der Waals surface area contributed by atoms with Gasteiger partial charge in [0.1, 0.15) is 0 Å². The summed E-state index contributed by atoms with van der Waals surface area (Å²) in [7, 11) is 0. The Morgan fingerprint density at radius 1 is 1.60 bits per heavy atom. The Bertz CT molecular complexity index is 366. The first kappa shape index (κ1) is 12.0. The van der Waals surface area contributed by atoms with Gasteiger partial charge in [-0.2, -0.15) is 0 Å². The van der Waals surface area contributed by atoms with Gasteiger partial charge in [0, 0.05) is 10.9 Å². The van der Waals surface area contributed by atoms with E-state index in [2.05, 4.69) is 0 Å². The molecule has 0 spiro atoms. The monoisotopic (exact) mass is 227 g/mol. The standard InChI is InChI=1S/C11H14ClNO2/c1-7-4-9(12)2-3-10(7)8(6-13)5-11(14)15/h2-4,8H,5-6,13H2,1H3,(H,14,15). The number of nitrogens with two attached hydrogens (primary N) is 1. The van der Waals surface area contributed by atoms with E-state index < -0.39 is 5.97 Å². The Labute approximate surface area is 93.9 Å². The molecule has 3 nitrogen and oxygen atoms in total. The van der Waals surface area contributed by atoms with Crippen molar-refractivity contribution in [3.05, 3.63) is 34.3 Å². The molecule has 0 aliphatic rings. The Hall–Kier alpha value is -1.06. The Balaban J connectivity index is 2.96. The maximum absolute atomic E-state index is 10.6. The lowest BCUT2D eigenvalue weighted by atomic mass is 9.92. The summed E-state index contributed by atoms with van der Waals surface area (Å²) in [5.41, 5.74) is 7.51. The van der Waals surface area contributed by atoms with Crippen LogP contribution in [0.3, 0.4) is 0 Å². The van der Waals surface area contributed by atoms with Crippen molar-refractivity contribution in [2.24, 2.45) is 5.73 Å². The average Bonchev–Trinajstić information content (AvgIpc) is 2.14. The fourth-order valence-corrected chi connectivity index (χ4v) is 1.85. The van der Waals surface area contributed by atoms with Gasteiger partial charge in [0.2, 0.25) is 0 Å². The second-order valence-corrected chi connectivity index (χ2v) is 3.97. The molecule has 1 aromatic carbocycles. The van der Waals surface area contributed by atoms with Gasteiger partial charge in [-0.3, -0.25) is 4.79 Å². The molecule has 0 saturated carbocycles. The SMILES string of the molecule is Cc1cc(Cl)ccc1C(CN)CC(=O)O. The average molecular weight is 228 g/mol. The zero-order valence-corrected chi connectivity index (χ0v) is 9.29. The summed E-state index contributed by atoms with van der Waals surface area (Å²) in [5.74, 6) is -0.973. The van der Waals surface area contributed by atoms with Crippen LogP contribution in [0.1, 0.15) is 23.5 Å². The molecule has 0 aliphatic carbocycles. The van der Waals surface area contributed by atoms with E-state index in [0.29, 0.717) is 11.6 Å². The Morgan fingerprint density at radius 2 is 2.27 bits per heavy atom. The van der Waals surface area contributed by atoms with Gasteiger partial charge in [-0.1, -0.05) is 17.7 Å². The minimum atomic E-state index is -0.834. The van der Waals surface area contributed by atoms with E-state index in [1.54, 1.807) is 6.07 Å². The zero-order valence-electron chi connectivity index (χ0n) is 8.53. The zero-order chi connectivity index (χ0) is 11.4. The number of halogens is 1. The van der Waals surface area contributed by atoms with Crippen molar-refractivity contribution in [2.75, 3.05) is 6.54 Å². The highest BCUT2D eigenvalue weighted by atomic mass is 35.5. The van der Waals surface area contributed by atoms with E-state index in [4.69, 9.17) is 22.4 Å². The van der Waals surface area contributed by atoms with Crippen molar-refractivity contribution >= 4 is 17.6 Å². The molecule has 15 heavy (non-hydrogen) atoms. The van der Waals surface area contributed by atoms with Crippen LogP contribution in [-0.4, -0.2) is 17.6 Å². The maximum atomic E-state index is 10.6. The molecular formula is C11H14ClNO2. The molecule has 0 aliphatic heterocycles. The van der Waals surface area contributed by atoms with Gasteiger partial charge >= 0.3 is 5.97 Å². The number of aryl methyl sites for hydroxylation is 1. The van der Waals surface area contributed by atoms with Crippen molar-refractivity contribution < 1.29 is 9.90 Å². The number of hydrogen-bond acceptors (Lipinski definition) is 2. The van der Waals surface area contributed by atoms with Crippen LogP contribution in [0, 0.1) is 6.92 Å². The summed E-state index contributed by atoms with van der Waals surface area (Å²) in [4.78, 5) is 10.6. The number of carboxylic acid groups (broad SMARTS) is 1. The van der Waals surface area contributed by atoms with Gasteiger partial charge in [0.05, 0.1) is 6.42 Å². The summed E-state index contributed by atoms with van der Waals surface area (Å²) in [6, 6.07) is 5.42. The van der Waals surface area contributed by atoms with Gasteiger partial charge in [-0.15, -0.1) is 0 Å². The predicted octanol–water partition coefficient (Wildman–Crippen LogP) is 2.17. The Kier molecular flexibility index (Phi) is 4.12. The van der Waals surface area contributed by atoms with Crippen LogP contribution in [0.4, 0.5) is 0 Å². The number of benzene rings is 1. The molecule has 1 aromatic rings. The van der Waals surface area contributed by atoms with Gasteiger partial charge in [0.25, 0.3) is 0 Å². The first-order valence-corrected chi connectivity index (χ1v) is 5.10. The van der Waals surface area contributed by atoms with Crippen LogP contribution in [0.5, 0.6) is 0 Å². The third kappa shape index (κ3) is 3.22. The molecule has 0 heterocycles.